The second-order valence-electron chi connectivity index (χ2n) is 3.39. The number of nitrogens with one attached hydrogen (secondary N) is 1. The number of rotatable bonds is 3. The SMILES string of the molecule is CC(Nc1cc2c(cc1Cl)OCO2)C(=O)O. The second-order valence-corrected chi connectivity index (χ2v) is 3.80. The summed E-state index contributed by atoms with van der Waals surface area (Å²) in [5.41, 5.74) is 0.515. The monoisotopic (exact) mass is 243 g/mol. The molecular weight excluding hydrogens is 234 g/mol. The van der Waals surface area contributed by atoms with Crippen LogP contribution in [0.25, 0.3) is 0 Å². The molecule has 0 aliphatic carbocycles. The lowest BCUT2D eigenvalue weighted by atomic mass is 10.2. The van der Waals surface area contributed by atoms with E-state index in [1.165, 1.54) is 6.92 Å². The fourth-order valence-corrected chi connectivity index (χ4v) is 1.53. The van der Waals surface area contributed by atoms with Crippen molar-refractivity contribution in [2.75, 3.05) is 12.1 Å². The molecule has 1 aromatic carbocycles. The van der Waals surface area contributed by atoms with Crippen LogP contribution in [-0.2, 0) is 4.79 Å². The highest BCUT2D eigenvalue weighted by atomic mass is 35.5. The molecule has 2 N–H and O–H groups in total. The summed E-state index contributed by atoms with van der Waals surface area (Å²) in [4.78, 5) is 10.7. The summed E-state index contributed by atoms with van der Waals surface area (Å²) >= 11 is 5.97. The van der Waals surface area contributed by atoms with Crippen molar-refractivity contribution < 1.29 is 19.4 Å². The van der Waals surface area contributed by atoms with Crippen LogP contribution in [-0.4, -0.2) is 23.9 Å². The van der Waals surface area contributed by atoms with Gasteiger partial charge >= 0.3 is 5.97 Å². The van der Waals surface area contributed by atoms with Gasteiger partial charge in [0.15, 0.2) is 11.5 Å². The van der Waals surface area contributed by atoms with E-state index in [1.54, 1.807) is 12.1 Å². The average Bonchev–Trinajstić information content (AvgIpc) is 2.65. The molecule has 0 saturated heterocycles. The van der Waals surface area contributed by atoms with Gasteiger partial charge in [-0.05, 0) is 6.92 Å². The summed E-state index contributed by atoms with van der Waals surface area (Å²) in [5.74, 6) is 0.178. The Morgan fingerprint density at radius 3 is 2.75 bits per heavy atom. The minimum atomic E-state index is -0.950. The molecule has 0 saturated carbocycles. The third kappa shape index (κ3) is 1.99. The topological polar surface area (TPSA) is 67.8 Å². The number of benzene rings is 1. The Kier molecular flexibility index (Phi) is 2.78. The highest BCUT2D eigenvalue weighted by molar-refractivity contribution is 6.33. The first-order valence-corrected chi connectivity index (χ1v) is 5.04. The van der Waals surface area contributed by atoms with Crippen LogP contribution in [0.3, 0.4) is 0 Å². The van der Waals surface area contributed by atoms with Gasteiger partial charge in [-0.25, -0.2) is 0 Å². The van der Waals surface area contributed by atoms with Crippen LogP contribution >= 0.6 is 11.6 Å². The van der Waals surface area contributed by atoms with Crippen LogP contribution in [0.4, 0.5) is 5.69 Å². The summed E-state index contributed by atoms with van der Waals surface area (Å²) in [6, 6.07) is 2.50. The van der Waals surface area contributed by atoms with E-state index in [1.807, 2.05) is 0 Å². The van der Waals surface area contributed by atoms with E-state index in [0.29, 0.717) is 22.2 Å². The normalized spacial score (nSPS) is 14.6. The minimum absolute atomic E-state index is 0.156. The number of hydrogen-bond acceptors (Lipinski definition) is 4. The summed E-state index contributed by atoms with van der Waals surface area (Å²) < 4.78 is 10.3. The van der Waals surface area contributed by atoms with Crippen LogP contribution in [0.15, 0.2) is 12.1 Å². The molecule has 1 aliphatic heterocycles. The molecule has 1 aliphatic rings. The molecule has 0 spiro atoms. The summed E-state index contributed by atoms with van der Waals surface area (Å²) in [6.45, 7) is 1.69. The van der Waals surface area contributed by atoms with Crippen LogP contribution < -0.4 is 14.8 Å². The van der Waals surface area contributed by atoms with Gasteiger partial charge in [-0.2, -0.15) is 0 Å². The fraction of sp³-hybridized carbons (Fsp3) is 0.300. The molecule has 16 heavy (non-hydrogen) atoms. The Morgan fingerprint density at radius 1 is 1.50 bits per heavy atom. The molecule has 0 fully saturated rings. The number of carboxylic acids is 1. The zero-order valence-corrected chi connectivity index (χ0v) is 9.25. The second kappa shape index (κ2) is 4.09. The van der Waals surface area contributed by atoms with Gasteiger partial charge in [0, 0.05) is 12.1 Å². The predicted octanol–water partition coefficient (Wildman–Crippen LogP) is 1.95. The maximum absolute atomic E-state index is 10.7. The Labute approximate surface area is 96.9 Å². The summed E-state index contributed by atoms with van der Waals surface area (Å²) in [5, 5.41) is 11.9. The fourth-order valence-electron chi connectivity index (χ4n) is 1.32. The largest absolute Gasteiger partial charge is 0.480 e. The third-order valence-electron chi connectivity index (χ3n) is 2.20. The molecule has 0 bridgehead atoms. The van der Waals surface area contributed by atoms with Crippen LogP contribution in [0.2, 0.25) is 5.02 Å². The highest BCUT2D eigenvalue weighted by Crippen LogP contribution is 2.39. The number of carboxylic acid groups (broad SMARTS) is 1. The zero-order chi connectivity index (χ0) is 11.7. The molecule has 1 heterocycles. The van der Waals surface area contributed by atoms with Gasteiger partial charge < -0.3 is 19.9 Å². The molecule has 6 heteroatoms. The Hall–Kier alpha value is -1.62. The van der Waals surface area contributed by atoms with Gasteiger partial charge in [0.05, 0.1) is 10.7 Å². The summed E-state index contributed by atoms with van der Waals surface area (Å²) in [7, 11) is 0. The first-order chi connectivity index (χ1) is 7.58. The standard InChI is InChI=1S/C10H10ClNO4/c1-5(10(13)14)12-7-3-9-8(2-6(7)11)15-4-16-9/h2-3,5,12H,4H2,1H3,(H,13,14). The lowest BCUT2D eigenvalue weighted by Gasteiger charge is -2.12. The van der Waals surface area contributed by atoms with E-state index in [2.05, 4.69) is 5.32 Å². The van der Waals surface area contributed by atoms with E-state index in [-0.39, 0.29) is 6.79 Å². The van der Waals surface area contributed by atoms with Gasteiger partial charge in [0.25, 0.3) is 0 Å². The zero-order valence-electron chi connectivity index (χ0n) is 8.49. The van der Waals surface area contributed by atoms with E-state index in [4.69, 9.17) is 26.2 Å². The van der Waals surface area contributed by atoms with Gasteiger partial charge in [0.2, 0.25) is 6.79 Å². The average molecular weight is 244 g/mol. The van der Waals surface area contributed by atoms with Crippen molar-refractivity contribution in [2.24, 2.45) is 0 Å². The minimum Gasteiger partial charge on any atom is -0.480 e. The van der Waals surface area contributed by atoms with Crippen LogP contribution in [0.5, 0.6) is 11.5 Å². The Balaban J connectivity index is 2.25. The first-order valence-electron chi connectivity index (χ1n) is 4.66. The number of halogens is 1. The molecule has 0 amide bonds. The van der Waals surface area contributed by atoms with Gasteiger partial charge in [0.1, 0.15) is 6.04 Å². The molecule has 1 unspecified atom stereocenters. The molecule has 0 radical (unpaired) electrons. The molecule has 1 aromatic rings. The maximum Gasteiger partial charge on any atom is 0.325 e. The van der Waals surface area contributed by atoms with Crippen molar-refractivity contribution in [1.82, 2.24) is 0 Å². The molecule has 5 nitrogen and oxygen atoms in total. The Bertz CT molecular complexity index is 435. The van der Waals surface area contributed by atoms with Gasteiger partial charge in [-0.3, -0.25) is 4.79 Å². The van der Waals surface area contributed by atoms with Gasteiger partial charge in [-0.1, -0.05) is 11.6 Å². The highest BCUT2D eigenvalue weighted by Gasteiger charge is 2.18. The van der Waals surface area contributed by atoms with Crippen molar-refractivity contribution in [3.63, 3.8) is 0 Å². The number of ether oxygens (including phenoxy) is 2. The smallest absolute Gasteiger partial charge is 0.325 e. The van der Waals surface area contributed by atoms with Crippen molar-refractivity contribution in [3.05, 3.63) is 17.2 Å². The number of anilines is 1. The quantitative estimate of drug-likeness (QED) is 0.849. The van der Waals surface area contributed by atoms with Crippen molar-refractivity contribution in [2.45, 2.75) is 13.0 Å². The third-order valence-corrected chi connectivity index (χ3v) is 2.52. The molecule has 0 aromatic heterocycles. The van der Waals surface area contributed by atoms with Crippen LogP contribution in [0.1, 0.15) is 6.92 Å². The first kappa shape index (κ1) is 10.9. The molecule has 1 atom stereocenters. The lowest BCUT2D eigenvalue weighted by Crippen LogP contribution is -2.25. The Morgan fingerprint density at radius 2 is 2.12 bits per heavy atom. The van der Waals surface area contributed by atoms with Crippen molar-refractivity contribution in [1.29, 1.82) is 0 Å². The number of hydrogen-bond donors (Lipinski definition) is 2. The molecular formula is C10H10ClNO4. The number of carbonyl (C=O) groups is 1. The predicted molar refractivity (Wildman–Crippen MR) is 58.3 cm³/mol. The molecule has 2 rings (SSSR count). The molecule has 86 valence electrons. The summed E-state index contributed by atoms with van der Waals surface area (Å²) in [6.07, 6.45) is 0. The van der Waals surface area contributed by atoms with E-state index >= 15 is 0 Å². The number of fused-ring (bicyclic) bond motifs is 1. The number of aliphatic carboxylic acids is 1. The van der Waals surface area contributed by atoms with E-state index < -0.39 is 12.0 Å². The van der Waals surface area contributed by atoms with E-state index in [9.17, 15) is 4.79 Å². The lowest BCUT2D eigenvalue weighted by molar-refractivity contribution is -0.137. The van der Waals surface area contributed by atoms with Crippen LogP contribution in [0, 0.1) is 0 Å². The maximum atomic E-state index is 10.7. The van der Waals surface area contributed by atoms with E-state index in [0.717, 1.165) is 0 Å². The van der Waals surface area contributed by atoms with Crippen molar-refractivity contribution >= 4 is 23.3 Å². The van der Waals surface area contributed by atoms with Gasteiger partial charge in [-0.15, -0.1) is 0 Å². The van der Waals surface area contributed by atoms with Crippen molar-refractivity contribution in [3.8, 4) is 11.5 Å².